The Morgan fingerprint density at radius 1 is 1.08 bits per heavy atom. The first-order valence-corrected chi connectivity index (χ1v) is 11.7. The molecule has 0 saturated carbocycles. The van der Waals surface area contributed by atoms with Crippen LogP contribution in [0.2, 0.25) is 0 Å². The Morgan fingerprint density at radius 2 is 1.69 bits per heavy atom. The number of amides is 2. The molecule has 196 valence electrons. The van der Waals surface area contributed by atoms with Crippen LogP contribution in [-0.2, 0) is 28.7 Å². The third-order valence-electron chi connectivity index (χ3n) is 6.11. The number of likely N-dealkylation sites (N-methyl/N-ethyl adjacent to an activating group) is 1. The topological polar surface area (TPSA) is 79.3 Å². The molecule has 2 atom stereocenters. The van der Waals surface area contributed by atoms with Crippen molar-refractivity contribution < 1.29 is 37.3 Å². The minimum atomic E-state index is -4.39. The third kappa shape index (κ3) is 6.90. The number of hydrogen-bond donors (Lipinski definition) is 1. The van der Waals surface area contributed by atoms with E-state index in [1.807, 2.05) is 0 Å². The van der Waals surface area contributed by atoms with Crippen molar-refractivity contribution in [1.82, 2.24) is 9.80 Å². The lowest BCUT2D eigenvalue weighted by Crippen LogP contribution is -2.39. The largest absolute Gasteiger partial charge is 0.494 e. The molecule has 0 aliphatic carbocycles. The maximum absolute atomic E-state index is 12.8. The molecule has 0 aromatic heterocycles. The van der Waals surface area contributed by atoms with Crippen molar-refractivity contribution in [2.75, 3.05) is 26.8 Å². The van der Waals surface area contributed by atoms with Crippen molar-refractivity contribution in [1.29, 1.82) is 0 Å². The van der Waals surface area contributed by atoms with Gasteiger partial charge in [-0.15, -0.1) is 0 Å². The van der Waals surface area contributed by atoms with Gasteiger partial charge in [-0.25, -0.2) is 9.59 Å². The molecule has 3 rings (SSSR count). The molecule has 0 spiro atoms. The van der Waals surface area contributed by atoms with E-state index in [0.29, 0.717) is 30.9 Å². The highest BCUT2D eigenvalue weighted by molar-refractivity contribution is 5.79. The van der Waals surface area contributed by atoms with Gasteiger partial charge in [0.15, 0.2) is 5.60 Å². The van der Waals surface area contributed by atoms with Gasteiger partial charge in [0, 0.05) is 33.0 Å². The molecule has 2 unspecified atom stereocenters. The molecule has 0 radical (unpaired) electrons. The minimum Gasteiger partial charge on any atom is -0.494 e. The van der Waals surface area contributed by atoms with Crippen LogP contribution in [0.1, 0.15) is 37.0 Å². The van der Waals surface area contributed by atoms with Gasteiger partial charge in [-0.2, -0.15) is 13.2 Å². The number of halogens is 3. The summed E-state index contributed by atoms with van der Waals surface area (Å²) in [6.45, 7) is 4.32. The smallest absolute Gasteiger partial charge is 0.416 e. The van der Waals surface area contributed by atoms with Gasteiger partial charge in [0.2, 0.25) is 0 Å². The summed E-state index contributed by atoms with van der Waals surface area (Å²) >= 11 is 0. The average molecular weight is 509 g/mol. The summed E-state index contributed by atoms with van der Waals surface area (Å²) < 4.78 is 49.0. The standard InChI is InChI=1S/C26H31F3N2O5/c1-4-35-23(32)25(2,34)15-18-7-11-22(12-8-18)36-14-13-21-17-31(24(33)30(21)3)16-19-5-9-20(10-6-19)26(27,28)29/h5-12,21,34H,4,13-17H2,1-3H3. The van der Waals surface area contributed by atoms with E-state index in [0.717, 1.165) is 17.7 Å². The molecule has 36 heavy (non-hydrogen) atoms. The van der Waals surface area contributed by atoms with E-state index in [2.05, 4.69) is 0 Å². The van der Waals surface area contributed by atoms with Gasteiger partial charge in [0.05, 0.1) is 24.8 Å². The van der Waals surface area contributed by atoms with Gasteiger partial charge >= 0.3 is 18.2 Å². The van der Waals surface area contributed by atoms with E-state index in [9.17, 15) is 27.9 Å². The van der Waals surface area contributed by atoms with Crippen LogP contribution in [0.15, 0.2) is 48.5 Å². The second-order valence-electron chi connectivity index (χ2n) is 9.07. The van der Waals surface area contributed by atoms with E-state index in [1.54, 1.807) is 48.0 Å². The molecule has 1 aliphatic heterocycles. The fourth-order valence-electron chi connectivity index (χ4n) is 4.04. The summed E-state index contributed by atoms with van der Waals surface area (Å²) in [7, 11) is 1.70. The van der Waals surface area contributed by atoms with Crippen LogP contribution in [0, 0.1) is 0 Å². The number of carbonyl (C=O) groups excluding carboxylic acids is 2. The van der Waals surface area contributed by atoms with Gasteiger partial charge in [-0.1, -0.05) is 24.3 Å². The molecule has 1 heterocycles. The van der Waals surface area contributed by atoms with Crippen LogP contribution in [0.5, 0.6) is 5.75 Å². The zero-order valence-electron chi connectivity index (χ0n) is 20.5. The van der Waals surface area contributed by atoms with Crippen LogP contribution in [0.3, 0.4) is 0 Å². The van der Waals surface area contributed by atoms with Crippen LogP contribution in [0.4, 0.5) is 18.0 Å². The Bertz CT molecular complexity index is 1040. The molecule has 1 aliphatic rings. The maximum atomic E-state index is 12.8. The van der Waals surface area contributed by atoms with Crippen LogP contribution in [-0.4, -0.2) is 65.4 Å². The number of nitrogens with zero attached hydrogens (tertiary/aromatic N) is 2. The molecule has 2 aromatic rings. The minimum absolute atomic E-state index is 0.0918. The predicted octanol–water partition coefficient (Wildman–Crippen LogP) is 4.27. The number of carbonyl (C=O) groups is 2. The fraction of sp³-hybridized carbons (Fsp3) is 0.462. The normalized spacial score (nSPS) is 17.8. The summed E-state index contributed by atoms with van der Waals surface area (Å²) in [6, 6.07) is 11.6. The number of rotatable bonds is 10. The Hall–Kier alpha value is -3.27. The summed E-state index contributed by atoms with van der Waals surface area (Å²) in [4.78, 5) is 27.7. The molecule has 1 fully saturated rings. The van der Waals surface area contributed by atoms with Crippen LogP contribution in [0.25, 0.3) is 0 Å². The highest BCUT2D eigenvalue weighted by atomic mass is 19.4. The first kappa shape index (κ1) is 27.3. The highest BCUT2D eigenvalue weighted by Gasteiger charge is 2.35. The lowest BCUT2D eigenvalue weighted by Gasteiger charge is -2.21. The van der Waals surface area contributed by atoms with Gasteiger partial charge in [-0.05, 0) is 49.2 Å². The zero-order valence-corrected chi connectivity index (χ0v) is 20.5. The van der Waals surface area contributed by atoms with Crippen molar-refractivity contribution in [3.63, 3.8) is 0 Å². The fourth-order valence-corrected chi connectivity index (χ4v) is 4.04. The van der Waals surface area contributed by atoms with E-state index in [4.69, 9.17) is 9.47 Å². The van der Waals surface area contributed by atoms with Gasteiger partial charge in [0.1, 0.15) is 5.75 Å². The summed E-state index contributed by atoms with van der Waals surface area (Å²) in [6.07, 6.45) is -3.71. The van der Waals surface area contributed by atoms with E-state index in [1.165, 1.54) is 19.1 Å². The molecule has 7 nitrogen and oxygen atoms in total. The number of hydrogen-bond acceptors (Lipinski definition) is 5. The van der Waals surface area contributed by atoms with Gasteiger partial charge < -0.3 is 24.4 Å². The second kappa shape index (κ2) is 11.2. The molecular weight excluding hydrogens is 477 g/mol. The average Bonchev–Trinajstić information content (AvgIpc) is 3.08. The zero-order chi connectivity index (χ0) is 26.5. The van der Waals surface area contributed by atoms with E-state index < -0.39 is 23.3 Å². The molecular formula is C26H31F3N2O5. The third-order valence-corrected chi connectivity index (χ3v) is 6.11. The Balaban J connectivity index is 1.48. The Kier molecular flexibility index (Phi) is 8.50. The Morgan fingerprint density at radius 3 is 2.28 bits per heavy atom. The molecule has 0 bridgehead atoms. The van der Waals surface area contributed by atoms with Crippen molar-refractivity contribution in [3.05, 3.63) is 65.2 Å². The number of alkyl halides is 3. The molecule has 1 saturated heterocycles. The molecule has 1 N–H and O–H groups in total. The van der Waals surface area contributed by atoms with E-state index >= 15 is 0 Å². The SMILES string of the molecule is CCOC(=O)C(C)(O)Cc1ccc(OCCC2CN(Cc3ccc(C(F)(F)F)cc3)C(=O)N2C)cc1. The summed E-state index contributed by atoms with van der Waals surface area (Å²) in [5, 5.41) is 10.3. The van der Waals surface area contributed by atoms with Crippen molar-refractivity contribution in [3.8, 4) is 5.75 Å². The maximum Gasteiger partial charge on any atom is 0.416 e. The summed E-state index contributed by atoms with van der Waals surface area (Å²) in [5.41, 5.74) is -0.961. The number of esters is 1. The van der Waals surface area contributed by atoms with E-state index in [-0.39, 0.29) is 31.6 Å². The number of urea groups is 1. The number of benzene rings is 2. The number of ether oxygens (including phenoxy) is 2. The van der Waals surface area contributed by atoms with Crippen molar-refractivity contribution >= 4 is 12.0 Å². The highest BCUT2D eigenvalue weighted by Crippen LogP contribution is 2.29. The quantitative estimate of drug-likeness (QED) is 0.485. The molecule has 2 amide bonds. The molecule has 10 heteroatoms. The van der Waals surface area contributed by atoms with Crippen molar-refractivity contribution in [2.45, 2.75) is 51.1 Å². The lowest BCUT2D eigenvalue weighted by atomic mass is 9.97. The monoisotopic (exact) mass is 508 g/mol. The van der Waals surface area contributed by atoms with Crippen LogP contribution < -0.4 is 4.74 Å². The number of aliphatic hydroxyl groups is 1. The first-order valence-electron chi connectivity index (χ1n) is 11.7. The predicted molar refractivity (Wildman–Crippen MR) is 126 cm³/mol. The summed E-state index contributed by atoms with van der Waals surface area (Å²) in [5.74, 6) is -0.0592. The van der Waals surface area contributed by atoms with Crippen LogP contribution >= 0.6 is 0 Å². The van der Waals surface area contributed by atoms with Gasteiger partial charge in [0.25, 0.3) is 0 Å². The second-order valence-corrected chi connectivity index (χ2v) is 9.07. The lowest BCUT2D eigenvalue weighted by molar-refractivity contribution is -0.163. The van der Waals surface area contributed by atoms with Crippen molar-refractivity contribution in [2.24, 2.45) is 0 Å². The van der Waals surface area contributed by atoms with Gasteiger partial charge in [-0.3, -0.25) is 0 Å². The molecule has 2 aromatic carbocycles. The first-order chi connectivity index (χ1) is 16.9. The Labute approximate surface area is 208 Å².